The zero-order valence-electron chi connectivity index (χ0n) is 10.7. The summed E-state index contributed by atoms with van der Waals surface area (Å²) in [6.07, 6.45) is 2.19. The van der Waals surface area contributed by atoms with Gasteiger partial charge < -0.3 is 5.32 Å². The maximum atomic E-state index is 13.4. The van der Waals surface area contributed by atoms with Gasteiger partial charge in [0.2, 0.25) is 0 Å². The normalized spacial score (nSPS) is 21.4. The predicted molar refractivity (Wildman–Crippen MR) is 87.6 cm³/mol. The molecule has 0 radical (unpaired) electrons. The summed E-state index contributed by atoms with van der Waals surface area (Å²) in [4.78, 5) is 0. The number of benzene rings is 2. The topological polar surface area (TPSA) is 12.0 Å². The summed E-state index contributed by atoms with van der Waals surface area (Å²) in [5, 5.41) is 3.39. The quantitative estimate of drug-likeness (QED) is 0.698. The van der Waals surface area contributed by atoms with Crippen molar-refractivity contribution in [2.45, 2.75) is 24.8 Å². The SMILES string of the molecule is Fc1cc(NC2CC(c3ccc(Br)cc3)C2)ccc1Br. The monoisotopic (exact) mass is 397 g/mol. The molecule has 0 aromatic heterocycles. The van der Waals surface area contributed by atoms with Gasteiger partial charge in [0.15, 0.2) is 0 Å². The first-order chi connectivity index (χ1) is 9.61. The molecular formula is C16H14Br2FN. The third-order valence-electron chi connectivity index (χ3n) is 3.77. The number of rotatable bonds is 3. The second-order valence-electron chi connectivity index (χ2n) is 5.19. The van der Waals surface area contributed by atoms with E-state index in [2.05, 4.69) is 61.4 Å². The average Bonchev–Trinajstić information content (AvgIpc) is 2.39. The Hall–Kier alpha value is -0.870. The van der Waals surface area contributed by atoms with Crippen molar-refractivity contribution in [1.82, 2.24) is 0 Å². The Kier molecular flexibility index (Phi) is 4.13. The van der Waals surface area contributed by atoms with Crippen LogP contribution in [-0.4, -0.2) is 6.04 Å². The van der Waals surface area contributed by atoms with Crippen LogP contribution in [0.2, 0.25) is 0 Å². The molecule has 0 heterocycles. The van der Waals surface area contributed by atoms with Gasteiger partial charge in [-0.15, -0.1) is 0 Å². The van der Waals surface area contributed by atoms with Crippen LogP contribution in [0.4, 0.5) is 10.1 Å². The third kappa shape index (κ3) is 3.07. The van der Waals surface area contributed by atoms with Gasteiger partial charge in [-0.25, -0.2) is 4.39 Å². The van der Waals surface area contributed by atoms with Crippen LogP contribution in [-0.2, 0) is 0 Å². The molecule has 0 atom stereocenters. The summed E-state index contributed by atoms with van der Waals surface area (Å²) in [5.74, 6) is 0.389. The Morgan fingerprint density at radius 1 is 1.00 bits per heavy atom. The van der Waals surface area contributed by atoms with Crippen LogP contribution in [0.25, 0.3) is 0 Å². The van der Waals surface area contributed by atoms with E-state index in [4.69, 9.17) is 0 Å². The smallest absolute Gasteiger partial charge is 0.139 e. The van der Waals surface area contributed by atoms with Crippen LogP contribution in [0.5, 0.6) is 0 Å². The van der Waals surface area contributed by atoms with Gasteiger partial charge in [-0.3, -0.25) is 0 Å². The Labute approximate surface area is 134 Å². The molecule has 0 bridgehead atoms. The van der Waals surface area contributed by atoms with Gasteiger partial charge in [0.1, 0.15) is 5.82 Å². The molecule has 0 aliphatic heterocycles. The van der Waals surface area contributed by atoms with Crippen molar-refractivity contribution in [3.8, 4) is 0 Å². The highest BCUT2D eigenvalue weighted by Crippen LogP contribution is 2.39. The van der Waals surface area contributed by atoms with Crippen molar-refractivity contribution in [3.05, 3.63) is 62.8 Å². The second kappa shape index (κ2) is 5.86. The van der Waals surface area contributed by atoms with E-state index >= 15 is 0 Å². The summed E-state index contributed by atoms with van der Waals surface area (Å²) in [7, 11) is 0. The van der Waals surface area contributed by atoms with E-state index in [0.717, 1.165) is 23.0 Å². The largest absolute Gasteiger partial charge is 0.382 e. The fourth-order valence-electron chi connectivity index (χ4n) is 2.56. The molecule has 2 aromatic rings. The number of hydrogen-bond acceptors (Lipinski definition) is 1. The molecule has 1 aliphatic rings. The lowest BCUT2D eigenvalue weighted by Crippen LogP contribution is -2.33. The molecule has 1 N–H and O–H groups in total. The molecule has 104 valence electrons. The molecule has 1 aliphatic carbocycles. The van der Waals surface area contributed by atoms with E-state index in [-0.39, 0.29) is 5.82 Å². The highest BCUT2D eigenvalue weighted by Gasteiger charge is 2.30. The lowest BCUT2D eigenvalue weighted by atomic mass is 9.76. The average molecular weight is 399 g/mol. The second-order valence-corrected chi connectivity index (χ2v) is 6.96. The first-order valence-corrected chi connectivity index (χ1v) is 8.17. The summed E-state index contributed by atoms with van der Waals surface area (Å²) in [6, 6.07) is 14.1. The summed E-state index contributed by atoms with van der Waals surface area (Å²) in [6.45, 7) is 0. The van der Waals surface area contributed by atoms with Crippen molar-refractivity contribution in [2.75, 3.05) is 5.32 Å². The van der Waals surface area contributed by atoms with Gasteiger partial charge in [-0.2, -0.15) is 0 Å². The Morgan fingerprint density at radius 3 is 2.35 bits per heavy atom. The first-order valence-electron chi connectivity index (χ1n) is 6.59. The number of halogens is 3. The van der Waals surface area contributed by atoms with E-state index in [1.165, 1.54) is 11.6 Å². The van der Waals surface area contributed by atoms with E-state index in [9.17, 15) is 4.39 Å². The summed E-state index contributed by atoms with van der Waals surface area (Å²) >= 11 is 6.62. The van der Waals surface area contributed by atoms with Crippen molar-refractivity contribution in [1.29, 1.82) is 0 Å². The molecule has 2 aromatic carbocycles. The fraction of sp³-hybridized carbons (Fsp3) is 0.250. The van der Waals surface area contributed by atoms with Crippen LogP contribution in [0.1, 0.15) is 24.3 Å². The van der Waals surface area contributed by atoms with Crippen molar-refractivity contribution >= 4 is 37.5 Å². The maximum absolute atomic E-state index is 13.4. The molecule has 0 amide bonds. The van der Waals surface area contributed by atoms with E-state index < -0.39 is 0 Å². The summed E-state index contributed by atoms with van der Waals surface area (Å²) in [5.41, 5.74) is 2.23. The molecule has 0 spiro atoms. The van der Waals surface area contributed by atoms with Crippen LogP contribution < -0.4 is 5.32 Å². The van der Waals surface area contributed by atoms with Crippen molar-refractivity contribution < 1.29 is 4.39 Å². The van der Waals surface area contributed by atoms with Crippen LogP contribution in [0.15, 0.2) is 51.4 Å². The van der Waals surface area contributed by atoms with E-state index in [1.54, 1.807) is 6.07 Å². The van der Waals surface area contributed by atoms with Gasteiger partial charge in [0.25, 0.3) is 0 Å². The van der Waals surface area contributed by atoms with Crippen molar-refractivity contribution in [2.24, 2.45) is 0 Å². The fourth-order valence-corrected chi connectivity index (χ4v) is 3.08. The van der Waals surface area contributed by atoms with Gasteiger partial charge in [-0.05, 0) is 70.6 Å². The molecule has 1 saturated carbocycles. The Balaban J connectivity index is 1.58. The number of hydrogen-bond donors (Lipinski definition) is 1. The molecule has 0 unspecified atom stereocenters. The molecule has 3 rings (SSSR count). The highest BCUT2D eigenvalue weighted by molar-refractivity contribution is 9.10. The van der Waals surface area contributed by atoms with Crippen LogP contribution in [0.3, 0.4) is 0 Å². The minimum absolute atomic E-state index is 0.223. The third-order valence-corrected chi connectivity index (χ3v) is 4.94. The number of anilines is 1. The molecule has 1 nitrogen and oxygen atoms in total. The maximum Gasteiger partial charge on any atom is 0.139 e. The lowest BCUT2D eigenvalue weighted by molar-refractivity contribution is 0.374. The first kappa shape index (κ1) is 14.1. The minimum atomic E-state index is -0.223. The van der Waals surface area contributed by atoms with Gasteiger partial charge in [0.05, 0.1) is 4.47 Å². The van der Waals surface area contributed by atoms with Crippen LogP contribution in [0, 0.1) is 5.82 Å². The van der Waals surface area contributed by atoms with Crippen LogP contribution >= 0.6 is 31.9 Å². The Bertz CT molecular complexity index is 606. The molecule has 4 heteroatoms. The van der Waals surface area contributed by atoms with Gasteiger partial charge >= 0.3 is 0 Å². The predicted octanol–water partition coefficient (Wildman–Crippen LogP) is 5.71. The van der Waals surface area contributed by atoms with Gasteiger partial charge in [-0.1, -0.05) is 28.1 Å². The standard InChI is InChI=1S/C16H14Br2FN/c17-12-3-1-10(2-4-12)11-7-14(8-11)20-13-5-6-15(18)16(19)9-13/h1-6,9,11,14,20H,7-8H2. The highest BCUT2D eigenvalue weighted by atomic mass is 79.9. The Morgan fingerprint density at radius 2 is 1.70 bits per heavy atom. The minimum Gasteiger partial charge on any atom is -0.382 e. The molecular weight excluding hydrogens is 385 g/mol. The van der Waals surface area contributed by atoms with E-state index in [0.29, 0.717) is 16.4 Å². The molecule has 20 heavy (non-hydrogen) atoms. The molecule has 1 fully saturated rings. The van der Waals surface area contributed by atoms with Crippen molar-refractivity contribution in [3.63, 3.8) is 0 Å². The number of nitrogens with one attached hydrogen (secondary N) is 1. The zero-order chi connectivity index (χ0) is 14.1. The van der Waals surface area contributed by atoms with Gasteiger partial charge in [0, 0.05) is 16.2 Å². The van der Waals surface area contributed by atoms with E-state index in [1.807, 2.05) is 6.07 Å². The molecule has 0 saturated heterocycles. The summed E-state index contributed by atoms with van der Waals surface area (Å²) < 4.78 is 15.1. The lowest BCUT2D eigenvalue weighted by Gasteiger charge is -2.37. The zero-order valence-corrected chi connectivity index (χ0v) is 13.9.